The molecule has 0 unspecified atom stereocenters. The fraction of sp³-hybridized carbons (Fsp3) is 0.636. The number of carbonyl (C=O) groups excluding carboxylic acids is 2. The van der Waals surface area contributed by atoms with Crippen LogP contribution in [0.4, 0.5) is 0 Å². The molecular weight excluding hydrogens is 194 g/mol. The second kappa shape index (κ2) is 4.96. The highest BCUT2D eigenvalue weighted by molar-refractivity contribution is 5.87. The van der Waals surface area contributed by atoms with Crippen molar-refractivity contribution in [2.24, 2.45) is 11.8 Å². The maximum Gasteiger partial charge on any atom is 0.308 e. The maximum atomic E-state index is 11.3. The molecule has 1 saturated carbocycles. The van der Waals surface area contributed by atoms with Crippen LogP contribution in [-0.2, 0) is 14.3 Å². The van der Waals surface area contributed by atoms with Crippen LogP contribution in [0.3, 0.4) is 0 Å². The predicted octanol–water partition coefficient (Wildman–Crippen LogP) is 0.876. The van der Waals surface area contributed by atoms with Crippen LogP contribution < -0.4 is 5.32 Å². The molecule has 0 aromatic rings. The van der Waals surface area contributed by atoms with E-state index in [4.69, 9.17) is 4.74 Å². The van der Waals surface area contributed by atoms with Gasteiger partial charge >= 0.3 is 5.97 Å². The van der Waals surface area contributed by atoms with Crippen molar-refractivity contribution in [1.82, 2.24) is 5.32 Å². The molecule has 1 amide bonds. The van der Waals surface area contributed by atoms with E-state index in [1.807, 2.05) is 6.92 Å². The number of hydrogen-bond donors (Lipinski definition) is 1. The quantitative estimate of drug-likeness (QED) is 0.557. The highest BCUT2D eigenvalue weighted by Crippen LogP contribution is 2.31. The summed E-state index contributed by atoms with van der Waals surface area (Å²) in [7, 11) is 1.39. The van der Waals surface area contributed by atoms with Gasteiger partial charge in [-0.05, 0) is 24.8 Å². The Hall–Kier alpha value is -1.32. The van der Waals surface area contributed by atoms with E-state index < -0.39 is 0 Å². The van der Waals surface area contributed by atoms with Crippen LogP contribution in [-0.4, -0.2) is 25.0 Å². The van der Waals surface area contributed by atoms with Crippen molar-refractivity contribution in [2.45, 2.75) is 25.8 Å². The van der Waals surface area contributed by atoms with E-state index in [2.05, 4.69) is 11.9 Å². The van der Waals surface area contributed by atoms with Gasteiger partial charge in [-0.25, -0.2) is 0 Å². The first-order chi connectivity index (χ1) is 7.08. The highest BCUT2D eigenvalue weighted by Gasteiger charge is 2.36. The molecule has 0 radical (unpaired) electrons. The van der Waals surface area contributed by atoms with Crippen LogP contribution >= 0.6 is 0 Å². The topological polar surface area (TPSA) is 55.4 Å². The molecule has 4 heteroatoms. The zero-order chi connectivity index (χ0) is 11.4. The van der Waals surface area contributed by atoms with Gasteiger partial charge in [0.1, 0.15) is 0 Å². The van der Waals surface area contributed by atoms with Gasteiger partial charge in [0.05, 0.1) is 13.0 Å². The summed E-state index contributed by atoms with van der Waals surface area (Å²) >= 11 is 0. The molecule has 1 N–H and O–H groups in total. The number of ether oxygens (including phenoxy) is 1. The summed E-state index contributed by atoms with van der Waals surface area (Å²) in [6.45, 7) is 5.42. The minimum Gasteiger partial charge on any atom is -0.469 e. The Morgan fingerprint density at radius 3 is 2.67 bits per heavy atom. The summed E-state index contributed by atoms with van der Waals surface area (Å²) in [6, 6.07) is 0.0552. The Morgan fingerprint density at radius 1 is 1.47 bits per heavy atom. The molecule has 0 aromatic heterocycles. The molecule has 0 aliphatic heterocycles. The molecule has 0 bridgehead atoms. The van der Waals surface area contributed by atoms with Crippen LogP contribution in [0.1, 0.15) is 19.8 Å². The smallest absolute Gasteiger partial charge is 0.308 e. The summed E-state index contributed by atoms with van der Waals surface area (Å²) in [5.74, 6) is -0.146. The van der Waals surface area contributed by atoms with E-state index in [9.17, 15) is 9.59 Å². The van der Waals surface area contributed by atoms with Crippen LogP contribution in [0.25, 0.3) is 0 Å². The third-order valence-electron chi connectivity index (χ3n) is 2.93. The van der Waals surface area contributed by atoms with Crippen LogP contribution in [0.15, 0.2) is 12.7 Å². The van der Waals surface area contributed by atoms with E-state index in [1.165, 1.54) is 13.2 Å². The van der Waals surface area contributed by atoms with Gasteiger partial charge in [-0.1, -0.05) is 13.5 Å². The first-order valence-corrected chi connectivity index (χ1v) is 5.09. The van der Waals surface area contributed by atoms with Crippen molar-refractivity contribution in [2.75, 3.05) is 7.11 Å². The Labute approximate surface area is 89.7 Å². The van der Waals surface area contributed by atoms with E-state index in [1.54, 1.807) is 0 Å². The molecule has 3 atom stereocenters. The lowest BCUT2D eigenvalue weighted by molar-refractivity contribution is -0.145. The largest absolute Gasteiger partial charge is 0.469 e. The first-order valence-electron chi connectivity index (χ1n) is 5.09. The molecular formula is C11H17NO3. The molecule has 1 fully saturated rings. The van der Waals surface area contributed by atoms with Gasteiger partial charge in [0, 0.05) is 6.04 Å². The zero-order valence-electron chi connectivity index (χ0n) is 9.16. The predicted molar refractivity (Wildman–Crippen MR) is 56.0 cm³/mol. The average Bonchev–Trinajstić information content (AvgIpc) is 2.59. The summed E-state index contributed by atoms with van der Waals surface area (Å²) in [5.41, 5.74) is 0. The van der Waals surface area contributed by atoms with Crippen molar-refractivity contribution in [3.8, 4) is 0 Å². The van der Waals surface area contributed by atoms with Crippen molar-refractivity contribution in [3.63, 3.8) is 0 Å². The number of hydrogen-bond acceptors (Lipinski definition) is 3. The van der Waals surface area contributed by atoms with E-state index in [0.717, 1.165) is 6.42 Å². The summed E-state index contributed by atoms with van der Waals surface area (Å²) in [4.78, 5) is 22.4. The van der Waals surface area contributed by atoms with Gasteiger partial charge < -0.3 is 10.1 Å². The highest BCUT2D eigenvalue weighted by atomic mass is 16.5. The molecule has 1 aliphatic carbocycles. The number of rotatable bonds is 3. The van der Waals surface area contributed by atoms with Gasteiger partial charge in [-0.15, -0.1) is 0 Å². The fourth-order valence-corrected chi connectivity index (χ4v) is 2.05. The molecule has 0 spiro atoms. The third-order valence-corrected chi connectivity index (χ3v) is 2.93. The minimum atomic E-state index is -0.183. The monoisotopic (exact) mass is 211 g/mol. The van der Waals surface area contributed by atoms with Gasteiger partial charge in [-0.2, -0.15) is 0 Å². The Kier molecular flexibility index (Phi) is 3.88. The summed E-state index contributed by atoms with van der Waals surface area (Å²) in [5, 5.41) is 2.82. The van der Waals surface area contributed by atoms with Gasteiger partial charge in [0.2, 0.25) is 5.91 Å². The average molecular weight is 211 g/mol. The van der Waals surface area contributed by atoms with Crippen LogP contribution in [0, 0.1) is 11.8 Å². The molecule has 0 aromatic carbocycles. The lowest BCUT2D eigenvalue weighted by Crippen LogP contribution is -2.35. The first kappa shape index (κ1) is 11.8. The number of methoxy groups -OCH3 is 1. The van der Waals surface area contributed by atoms with E-state index >= 15 is 0 Å². The molecule has 84 valence electrons. The Morgan fingerprint density at radius 2 is 2.13 bits per heavy atom. The van der Waals surface area contributed by atoms with Crippen molar-refractivity contribution < 1.29 is 14.3 Å². The van der Waals surface area contributed by atoms with Gasteiger partial charge in [0.25, 0.3) is 0 Å². The Balaban J connectivity index is 2.52. The second-order valence-electron chi connectivity index (χ2n) is 3.99. The normalized spacial score (nSPS) is 29.6. The lowest BCUT2D eigenvalue weighted by atomic mass is 10.1. The summed E-state index contributed by atoms with van der Waals surface area (Å²) < 4.78 is 4.69. The standard InChI is InChI=1S/C11H17NO3/c1-4-10(13)12-9-6-8(5-7(9)2)11(14)15-3/h4,7-9H,1,5-6H2,2-3H3,(H,12,13)/t7-,8+,9+/m1/s1. The number of esters is 1. The van der Waals surface area contributed by atoms with E-state index in [-0.39, 0.29) is 23.8 Å². The molecule has 4 nitrogen and oxygen atoms in total. The molecule has 0 saturated heterocycles. The maximum absolute atomic E-state index is 11.3. The van der Waals surface area contributed by atoms with Gasteiger partial charge in [-0.3, -0.25) is 9.59 Å². The molecule has 1 rings (SSSR count). The summed E-state index contributed by atoms with van der Waals surface area (Å²) in [6.07, 6.45) is 2.68. The van der Waals surface area contributed by atoms with Crippen LogP contribution in [0.5, 0.6) is 0 Å². The Bertz CT molecular complexity index is 275. The fourth-order valence-electron chi connectivity index (χ4n) is 2.05. The van der Waals surface area contributed by atoms with Gasteiger partial charge in [0.15, 0.2) is 0 Å². The molecule has 15 heavy (non-hydrogen) atoms. The SMILES string of the molecule is C=CC(=O)N[C@H]1C[C@@H](C(=O)OC)C[C@H]1C. The van der Waals surface area contributed by atoms with Crippen molar-refractivity contribution in [3.05, 3.63) is 12.7 Å². The van der Waals surface area contributed by atoms with E-state index in [0.29, 0.717) is 12.3 Å². The second-order valence-corrected chi connectivity index (χ2v) is 3.99. The molecule has 0 heterocycles. The molecule has 1 aliphatic rings. The third kappa shape index (κ3) is 2.81. The van der Waals surface area contributed by atoms with Crippen LogP contribution in [0.2, 0.25) is 0 Å². The minimum absolute atomic E-state index is 0.0552. The van der Waals surface area contributed by atoms with Crippen molar-refractivity contribution >= 4 is 11.9 Å². The lowest BCUT2D eigenvalue weighted by Gasteiger charge is -2.15. The number of carbonyl (C=O) groups is 2. The number of nitrogens with one attached hydrogen (secondary N) is 1. The number of amides is 1. The zero-order valence-corrected chi connectivity index (χ0v) is 9.16. The van der Waals surface area contributed by atoms with Crippen molar-refractivity contribution in [1.29, 1.82) is 0 Å².